The van der Waals surface area contributed by atoms with Crippen molar-refractivity contribution in [3.63, 3.8) is 0 Å². The second kappa shape index (κ2) is 6.01. The lowest BCUT2D eigenvalue weighted by Crippen LogP contribution is -2.16. The molecular weight excluding hydrogens is 258 g/mol. The van der Waals surface area contributed by atoms with Gasteiger partial charge in [0.05, 0.1) is 12.8 Å². The molecule has 0 amide bonds. The van der Waals surface area contributed by atoms with Crippen molar-refractivity contribution in [1.82, 2.24) is 4.98 Å². The number of hydrogen-bond donors (Lipinski definition) is 0. The topological polar surface area (TPSA) is 68.5 Å². The number of aromatic nitrogens is 1. The molecule has 0 radical (unpaired) electrons. The summed E-state index contributed by atoms with van der Waals surface area (Å²) in [5.41, 5.74) is 1.94. The van der Waals surface area contributed by atoms with Crippen LogP contribution in [0.25, 0.3) is 0 Å². The van der Waals surface area contributed by atoms with E-state index < -0.39 is 4.92 Å². The summed E-state index contributed by atoms with van der Waals surface area (Å²) in [7, 11) is 3.54. The summed E-state index contributed by atoms with van der Waals surface area (Å²) in [5, 5.41) is 10.6. The molecule has 0 aliphatic carbocycles. The lowest BCUT2D eigenvalue weighted by atomic mass is 10.2. The van der Waals surface area contributed by atoms with E-state index in [4.69, 9.17) is 4.74 Å². The SMILES string of the molecule is COc1ccc(CN(C)c2ccc([N+](=O)[O-])nc2)cc1. The van der Waals surface area contributed by atoms with Crippen LogP contribution in [0.4, 0.5) is 11.5 Å². The van der Waals surface area contributed by atoms with Crippen LogP contribution < -0.4 is 9.64 Å². The Morgan fingerprint density at radius 3 is 2.45 bits per heavy atom. The molecule has 1 aromatic heterocycles. The second-order valence-electron chi connectivity index (χ2n) is 4.34. The Bertz CT molecular complexity index is 582. The molecule has 0 aliphatic heterocycles. The number of pyridine rings is 1. The van der Waals surface area contributed by atoms with Crippen molar-refractivity contribution in [3.8, 4) is 5.75 Å². The van der Waals surface area contributed by atoms with Crippen LogP contribution in [-0.4, -0.2) is 24.1 Å². The highest BCUT2D eigenvalue weighted by molar-refractivity contribution is 5.46. The van der Waals surface area contributed by atoms with Crippen molar-refractivity contribution in [3.05, 3.63) is 58.3 Å². The van der Waals surface area contributed by atoms with Gasteiger partial charge in [-0.1, -0.05) is 12.1 Å². The van der Waals surface area contributed by atoms with E-state index in [1.54, 1.807) is 13.2 Å². The van der Waals surface area contributed by atoms with E-state index in [0.717, 1.165) is 17.0 Å². The van der Waals surface area contributed by atoms with Crippen LogP contribution in [0.2, 0.25) is 0 Å². The van der Waals surface area contributed by atoms with Gasteiger partial charge < -0.3 is 19.8 Å². The van der Waals surface area contributed by atoms with Gasteiger partial charge in [-0.05, 0) is 33.7 Å². The highest BCUT2D eigenvalue weighted by atomic mass is 16.6. The normalized spacial score (nSPS) is 10.1. The Kier molecular flexibility index (Phi) is 4.14. The standard InChI is InChI=1S/C14H15N3O3/c1-16(10-11-3-6-13(20-2)7-4-11)12-5-8-14(15-9-12)17(18)19/h3-9H,10H2,1-2H3. The number of nitrogens with zero attached hydrogens (tertiary/aromatic N) is 3. The first-order valence-electron chi connectivity index (χ1n) is 6.04. The van der Waals surface area contributed by atoms with E-state index in [-0.39, 0.29) is 5.82 Å². The number of anilines is 1. The Labute approximate surface area is 116 Å². The summed E-state index contributed by atoms with van der Waals surface area (Å²) in [4.78, 5) is 15.8. The third-order valence-corrected chi connectivity index (χ3v) is 2.94. The lowest BCUT2D eigenvalue weighted by molar-refractivity contribution is -0.389. The fourth-order valence-electron chi connectivity index (χ4n) is 1.81. The van der Waals surface area contributed by atoms with Crippen LogP contribution in [0.15, 0.2) is 42.6 Å². The van der Waals surface area contributed by atoms with E-state index in [1.165, 1.54) is 12.3 Å². The third kappa shape index (κ3) is 3.23. The highest BCUT2D eigenvalue weighted by Crippen LogP contribution is 2.18. The van der Waals surface area contributed by atoms with Gasteiger partial charge >= 0.3 is 5.82 Å². The summed E-state index contributed by atoms with van der Waals surface area (Å²) in [6.07, 6.45) is 1.50. The summed E-state index contributed by atoms with van der Waals surface area (Å²) in [6, 6.07) is 10.9. The average molecular weight is 273 g/mol. The minimum absolute atomic E-state index is 0.147. The molecule has 0 atom stereocenters. The minimum atomic E-state index is -0.507. The van der Waals surface area contributed by atoms with Gasteiger partial charge in [-0.25, -0.2) is 0 Å². The molecule has 6 nitrogen and oxygen atoms in total. The summed E-state index contributed by atoms with van der Waals surface area (Å²) in [6.45, 7) is 0.684. The van der Waals surface area contributed by atoms with Crippen LogP contribution in [0, 0.1) is 10.1 Å². The largest absolute Gasteiger partial charge is 0.497 e. The molecule has 0 saturated carbocycles. The van der Waals surface area contributed by atoms with Crippen LogP contribution in [0.1, 0.15) is 5.56 Å². The zero-order chi connectivity index (χ0) is 14.5. The maximum atomic E-state index is 10.6. The molecular formula is C14H15N3O3. The summed E-state index contributed by atoms with van der Waals surface area (Å²) >= 11 is 0. The van der Waals surface area contributed by atoms with Crippen molar-refractivity contribution >= 4 is 11.5 Å². The Morgan fingerprint density at radius 1 is 1.25 bits per heavy atom. The lowest BCUT2D eigenvalue weighted by Gasteiger charge is -2.18. The molecule has 1 aromatic carbocycles. The number of rotatable bonds is 5. The molecule has 0 spiro atoms. The van der Waals surface area contributed by atoms with Crippen LogP contribution in [0.3, 0.4) is 0 Å². The molecule has 2 aromatic rings. The third-order valence-electron chi connectivity index (χ3n) is 2.94. The van der Waals surface area contributed by atoms with E-state index in [9.17, 15) is 10.1 Å². The molecule has 0 N–H and O–H groups in total. The van der Waals surface area contributed by atoms with Crippen LogP contribution >= 0.6 is 0 Å². The highest BCUT2D eigenvalue weighted by Gasteiger charge is 2.09. The van der Waals surface area contributed by atoms with Gasteiger partial charge in [0.2, 0.25) is 0 Å². The predicted octanol–water partition coefficient (Wildman–Crippen LogP) is 2.63. The van der Waals surface area contributed by atoms with Gasteiger partial charge in [0.15, 0.2) is 6.20 Å². The van der Waals surface area contributed by atoms with Gasteiger partial charge in [-0.15, -0.1) is 0 Å². The van der Waals surface area contributed by atoms with Crippen molar-refractivity contribution in [2.24, 2.45) is 0 Å². The average Bonchev–Trinajstić information content (AvgIpc) is 2.48. The molecule has 0 saturated heterocycles. The number of methoxy groups -OCH3 is 1. The molecule has 0 fully saturated rings. The first-order chi connectivity index (χ1) is 9.60. The predicted molar refractivity (Wildman–Crippen MR) is 76.0 cm³/mol. The minimum Gasteiger partial charge on any atom is -0.497 e. The molecule has 6 heteroatoms. The smallest absolute Gasteiger partial charge is 0.363 e. The van der Waals surface area contributed by atoms with Crippen molar-refractivity contribution in [2.75, 3.05) is 19.1 Å². The molecule has 20 heavy (non-hydrogen) atoms. The Balaban J connectivity index is 2.06. The maximum Gasteiger partial charge on any atom is 0.363 e. The Morgan fingerprint density at radius 2 is 1.95 bits per heavy atom. The zero-order valence-corrected chi connectivity index (χ0v) is 11.3. The second-order valence-corrected chi connectivity index (χ2v) is 4.34. The zero-order valence-electron chi connectivity index (χ0n) is 11.3. The van der Waals surface area contributed by atoms with Crippen LogP contribution in [-0.2, 0) is 6.54 Å². The van der Waals surface area contributed by atoms with Crippen LogP contribution in [0.5, 0.6) is 5.75 Å². The molecule has 0 aliphatic rings. The van der Waals surface area contributed by atoms with Crippen molar-refractivity contribution < 1.29 is 9.66 Å². The van der Waals surface area contributed by atoms with E-state index in [1.807, 2.05) is 36.2 Å². The van der Waals surface area contributed by atoms with Gasteiger partial charge in [-0.3, -0.25) is 0 Å². The van der Waals surface area contributed by atoms with Crippen molar-refractivity contribution in [1.29, 1.82) is 0 Å². The number of nitro groups is 1. The molecule has 0 bridgehead atoms. The summed E-state index contributed by atoms with van der Waals surface area (Å²) < 4.78 is 5.11. The number of benzene rings is 1. The van der Waals surface area contributed by atoms with E-state index in [0.29, 0.717) is 6.54 Å². The maximum absolute atomic E-state index is 10.6. The Hall–Kier alpha value is -2.63. The van der Waals surface area contributed by atoms with Gasteiger partial charge in [0.1, 0.15) is 5.75 Å². The fraction of sp³-hybridized carbons (Fsp3) is 0.214. The van der Waals surface area contributed by atoms with Gasteiger partial charge in [-0.2, -0.15) is 0 Å². The quantitative estimate of drug-likeness (QED) is 0.618. The monoisotopic (exact) mass is 273 g/mol. The van der Waals surface area contributed by atoms with E-state index in [2.05, 4.69) is 4.98 Å². The first-order valence-corrected chi connectivity index (χ1v) is 6.04. The fourth-order valence-corrected chi connectivity index (χ4v) is 1.81. The van der Waals surface area contributed by atoms with Crippen molar-refractivity contribution in [2.45, 2.75) is 6.54 Å². The summed E-state index contributed by atoms with van der Waals surface area (Å²) in [5.74, 6) is 0.667. The van der Waals surface area contributed by atoms with Gasteiger partial charge in [0, 0.05) is 19.7 Å². The molecule has 1 heterocycles. The van der Waals surface area contributed by atoms with Gasteiger partial charge in [0.25, 0.3) is 0 Å². The number of hydrogen-bond acceptors (Lipinski definition) is 5. The molecule has 2 rings (SSSR count). The molecule has 104 valence electrons. The van der Waals surface area contributed by atoms with E-state index >= 15 is 0 Å². The molecule has 0 unspecified atom stereocenters. The first kappa shape index (κ1) is 13.8. The number of ether oxygens (including phenoxy) is 1.